The molecular weight excluding hydrogens is 530 g/mol. The zero-order valence-corrected chi connectivity index (χ0v) is 21.3. The van der Waals surface area contributed by atoms with Gasteiger partial charge in [0.05, 0.1) is 0 Å². The highest BCUT2D eigenvalue weighted by Crippen LogP contribution is 2.41. The number of hydrogen-bond donors (Lipinski definition) is 2. The van der Waals surface area contributed by atoms with Gasteiger partial charge in [-0.05, 0) is 17.7 Å². The van der Waals surface area contributed by atoms with Crippen molar-refractivity contribution in [2.75, 3.05) is 18.6 Å². The van der Waals surface area contributed by atoms with Gasteiger partial charge in [0.1, 0.15) is 35.5 Å². The minimum absolute atomic E-state index is 0.0777. The van der Waals surface area contributed by atoms with Crippen molar-refractivity contribution in [2.45, 2.75) is 22.7 Å². The maximum absolute atomic E-state index is 13.1. The fraction of sp³-hybridized carbons (Fsp3) is 0.286. The molecule has 2 aromatic rings. The van der Waals surface area contributed by atoms with Crippen LogP contribution in [0, 0.1) is 0 Å². The van der Waals surface area contributed by atoms with Crippen molar-refractivity contribution >= 4 is 64.3 Å². The van der Waals surface area contributed by atoms with Crippen molar-refractivity contribution < 1.29 is 33.9 Å². The maximum Gasteiger partial charge on any atom is 0.352 e. The molecule has 1 saturated heterocycles. The van der Waals surface area contributed by atoms with Gasteiger partial charge in [0.2, 0.25) is 0 Å². The second kappa shape index (κ2) is 11.1. The Morgan fingerprint density at radius 3 is 2.83 bits per heavy atom. The first kappa shape index (κ1) is 25.7. The summed E-state index contributed by atoms with van der Waals surface area (Å²) >= 11 is 4.05. The van der Waals surface area contributed by atoms with Gasteiger partial charge in [-0.1, -0.05) is 40.4 Å². The van der Waals surface area contributed by atoms with E-state index >= 15 is 0 Å². The fourth-order valence-electron chi connectivity index (χ4n) is 3.57. The van der Waals surface area contributed by atoms with E-state index in [2.05, 4.69) is 20.7 Å². The summed E-state index contributed by atoms with van der Waals surface area (Å²) < 4.78 is 5.75. The van der Waals surface area contributed by atoms with Crippen molar-refractivity contribution in [3.63, 3.8) is 0 Å². The number of rotatable bonds is 9. The largest absolute Gasteiger partial charge is 0.477 e. The first-order chi connectivity index (χ1) is 17.3. The normalized spacial score (nSPS) is 19.3. The number of esters is 1. The van der Waals surface area contributed by atoms with Crippen LogP contribution in [0.15, 0.2) is 50.5 Å². The smallest absolute Gasteiger partial charge is 0.352 e. The molecule has 2 atom stereocenters. The average molecular weight is 550 g/mol. The van der Waals surface area contributed by atoms with Gasteiger partial charge in [-0.2, -0.15) is 0 Å². The first-order valence-corrected chi connectivity index (χ1v) is 13.2. The number of amides is 2. The van der Waals surface area contributed by atoms with E-state index in [-0.39, 0.29) is 17.2 Å². The second-order valence-electron chi connectivity index (χ2n) is 7.36. The van der Waals surface area contributed by atoms with E-state index in [1.807, 2.05) is 0 Å². The van der Waals surface area contributed by atoms with Crippen LogP contribution in [0.3, 0.4) is 0 Å². The molecular formula is C21H19N5O7S3. The molecule has 1 aromatic carbocycles. The topological polar surface area (TPSA) is 160 Å². The van der Waals surface area contributed by atoms with Crippen molar-refractivity contribution in [2.24, 2.45) is 5.16 Å². The Hall–Kier alpha value is -3.43. The van der Waals surface area contributed by atoms with Crippen LogP contribution in [0.2, 0.25) is 0 Å². The number of aliphatic carboxylic acids is 1. The van der Waals surface area contributed by atoms with Crippen LogP contribution in [0.1, 0.15) is 12.5 Å². The molecule has 2 aliphatic heterocycles. The Balaban J connectivity index is 1.49. The minimum Gasteiger partial charge on any atom is -0.477 e. The summed E-state index contributed by atoms with van der Waals surface area (Å²) in [4.78, 5) is 55.3. The Kier molecular flexibility index (Phi) is 7.91. The predicted octanol–water partition coefficient (Wildman–Crippen LogP) is 1.34. The lowest BCUT2D eigenvalue weighted by Gasteiger charge is -2.49. The number of benzene rings is 1. The molecule has 2 aliphatic rings. The van der Waals surface area contributed by atoms with Crippen LogP contribution in [0.25, 0.3) is 0 Å². The summed E-state index contributed by atoms with van der Waals surface area (Å²) in [6.45, 7) is 1.25. The summed E-state index contributed by atoms with van der Waals surface area (Å²) in [5.41, 5.74) is 2.26. The van der Waals surface area contributed by atoms with E-state index in [9.17, 15) is 24.3 Å². The van der Waals surface area contributed by atoms with Gasteiger partial charge < -0.3 is 20.0 Å². The van der Waals surface area contributed by atoms with Crippen LogP contribution in [0.4, 0.5) is 0 Å². The number of oxime groups is 1. The number of hydrogen-bond acceptors (Lipinski definition) is 12. The van der Waals surface area contributed by atoms with Crippen molar-refractivity contribution in [1.82, 2.24) is 20.4 Å². The third-order valence-electron chi connectivity index (χ3n) is 5.01. The van der Waals surface area contributed by atoms with Gasteiger partial charge in [-0.25, -0.2) is 4.79 Å². The van der Waals surface area contributed by atoms with Gasteiger partial charge >= 0.3 is 11.9 Å². The van der Waals surface area contributed by atoms with Crippen molar-refractivity contribution in [1.29, 1.82) is 0 Å². The van der Waals surface area contributed by atoms with Gasteiger partial charge in [-0.15, -0.1) is 22.0 Å². The van der Waals surface area contributed by atoms with Gasteiger partial charge in [0.25, 0.3) is 11.8 Å². The third kappa shape index (κ3) is 5.37. The highest BCUT2D eigenvalue weighted by atomic mass is 32.2. The molecule has 1 aromatic heterocycles. The fourth-order valence-corrected chi connectivity index (χ4v) is 6.54. The molecule has 0 bridgehead atoms. The first-order valence-electron chi connectivity index (χ1n) is 10.3. The molecule has 188 valence electrons. The number of carboxylic acid groups (broad SMARTS) is 1. The molecule has 12 nitrogen and oxygen atoms in total. The van der Waals surface area contributed by atoms with Crippen LogP contribution >= 0.6 is 34.9 Å². The molecule has 0 radical (unpaired) electrons. The SMILES string of the molecule is CON=C(C(=O)NC1C(=O)N2C(C(=O)O)=C(CSc3nncs3)CS[C@H]12)c1cccc(OC(C)=O)c1. The summed E-state index contributed by atoms with van der Waals surface area (Å²) in [5, 5.41) is 23.3. The number of nitrogens with zero attached hydrogens (tertiary/aromatic N) is 4. The van der Waals surface area contributed by atoms with E-state index < -0.39 is 35.2 Å². The number of β-lactam (4-membered cyclic amide) rings is 1. The quantitative estimate of drug-likeness (QED) is 0.116. The standard InChI is InChI=1S/C21H19N5O7S3/c1-10(27)33-13-5-3-4-11(6-13)14(25-32-2)17(28)23-15-18(29)26-16(20(30)31)12(7-34-19(15)26)8-35-21-24-22-9-36-21/h3-6,9,15,19H,7-8H2,1-2H3,(H,23,28)(H,30,31)/t15?,19-/m1/s1. The molecule has 0 spiro atoms. The number of carbonyl (C=O) groups is 4. The molecule has 0 aliphatic carbocycles. The average Bonchev–Trinajstić information content (AvgIpc) is 3.37. The molecule has 2 N–H and O–H groups in total. The molecule has 4 rings (SSSR count). The van der Waals surface area contributed by atoms with Crippen molar-refractivity contribution in [3.05, 3.63) is 46.6 Å². The third-order valence-corrected chi connectivity index (χ3v) is 8.30. The Morgan fingerprint density at radius 2 is 2.17 bits per heavy atom. The maximum atomic E-state index is 13.1. The number of aromatic nitrogens is 2. The van der Waals surface area contributed by atoms with E-state index in [0.717, 1.165) is 0 Å². The van der Waals surface area contributed by atoms with E-state index in [0.29, 0.717) is 27.0 Å². The lowest BCUT2D eigenvalue weighted by Crippen LogP contribution is -2.71. The highest BCUT2D eigenvalue weighted by molar-refractivity contribution is 8.01. The van der Waals surface area contributed by atoms with Crippen LogP contribution in [-0.4, -0.2) is 79.7 Å². The summed E-state index contributed by atoms with van der Waals surface area (Å²) in [7, 11) is 1.27. The molecule has 1 fully saturated rings. The number of fused-ring (bicyclic) bond motifs is 1. The van der Waals surface area contributed by atoms with Crippen LogP contribution in [0.5, 0.6) is 5.75 Å². The zero-order chi connectivity index (χ0) is 25.8. The van der Waals surface area contributed by atoms with Gasteiger partial charge in [-0.3, -0.25) is 19.3 Å². The van der Waals surface area contributed by atoms with Crippen LogP contribution < -0.4 is 10.1 Å². The number of carbonyl (C=O) groups excluding carboxylic acids is 3. The molecule has 2 amide bonds. The Labute approximate surface area is 217 Å². The molecule has 15 heteroatoms. The molecule has 36 heavy (non-hydrogen) atoms. The Morgan fingerprint density at radius 1 is 1.36 bits per heavy atom. The summed E-state index contributed by atoms with van der Waals surface area (Å²) in [5.74, 6) is -2.05. The van der Waals surface area contributed by atoms with Crippen LogP contribution in [-0.2, 0) is 24.0 Å². The molecule has 1 unspecified atom stereocenters. The second-order valence-corrected chi connectivity index (χ2v) is 10.5. The molecule has 0 saturated carbocycles. The monoisotopic (exact) mass is 549 g/mol. The van der Waals surface area contributed by atoms with E-state index in [1.165, 1.54) is 59.9 Å². The van der Waals surface area contributed by atoms with Crippen molar-refractivity contribution in [3.8, 4) is 5.75 Å². The Bertz CT molecular complexity index is 1260. The highest BCUT2D eigenvalue weighted by Gasteiger charge is 2.54. The number of thioether (sulfide) groups is 2. The van der Waals surface area contributed by atoms with E-state index in [1.54, 1.807) is 23.7 Å². The predicted molar refractivity (Wildman–Crippen MR) is 132 cm³/mol. The number of ether oxygens (including phenoxy) is 1. The zero-order valence-electron chi connectivity index (χ0n) is 18.9. The van der Waals surface area contributed by atoms with Gasteiger partial charge in [0.15, 0.2) is 10.1 Å². The van der Waals surface area contributed by atoms with E-state index in [4.69, 9.17) is 9.57 Å². The summed E-state index contributed by atoms with van der Waals surface area (Å²) in [6.07, 6.45) is 0. The molecule has 3 heterocycles. The number of carboxylic acids is 1. The lowest BCUT2D eigenvalue weighted by molar-refractivity contribution is -0.150. The minimum atomic E-state index is -1.21. The summed E-state index contributed by atoms with van der Waals surface area (Å²) in [6, 6.07) is 5.18. The van der Waals surface area contributed by atoms with Gasteiger partial charge in [0, 0.05) is 24.0 Å². The number of nitrogens with one attached hydrogen (secondary N) is 1. The lowest BCUT2D eigenvalue weighted by atomic mass is 10.0.